The van der Waals surface area contributed by atoms with Crippen molar-refractivity contribution >= 4 is 5.91 Å². The molecule has 0 aromatic heterocycles. The molecule has 3 aliphatic rings. The minimum atomic E-state index is 0.422. The van der Waals surface area contributed by atoms with E-state index in [1.807, 2.05) is 0 Å². The number of amides is 1. The van der Waals surface area contributed by atoms with Gasteiger partial charge in [0, 0.05) is 31.5 Å². The molecule has 2 heterocycles. The number of carbonyl (C=O) groups excluding carboxylic acids is 1. The zero-order valence-corrected chi connectivity index (χ0v) is 11.4. The molecule has 0 aromatic rings. The van der Waals surface area contributed by atoms with E-state index in [4.69, 9.17) is 0 Å². The van der Waals surface area contributed by atoms with Gasteiger partial charge in [-0.3, -0.25) is 4.79 Å². The van der Waals surface area contributed by atoms with Crippen molar-refractivity contribution in [1.29, 1.82) is 0 Å². The van der Waals surface area contributed by atoms with E-state index >= 15 is 0 Å². The molecule has 18 heavy (non-hydrogen) atoms. The third-order valence-corrected chi connectivity index (χ3v) is 5.36. The summed E-state index contributed by atoms with van der Waals surface area (Å²) in [6.07, 6.45) is 9.92. The van der Waals surface area contributed by atoms with Crippen molar-refractivity contribution in [2.45, 2.75) is 51.4 Å². The summed E-state index contributed by atoms with van der Waals surface area (Å²) in [7, 11) is 0. The summed E-state index contributed by atoms with van der Waals surface area (Å²) in [5.74, 6) is 1.27. The second kappa shape index (κ2) is 5.20. The molecule has 1 N–H and O–H groups in total. The molecule has 0 aromatic carbocycles. The van der Waals surface area contributed by atoms with Crippen LogP contribution in [-0.4, -0.2) is 37.0 Å². The van der Waals surface area contributed by atoms with Crippen molar-refractivity contribution in [3.63, 3.8) is 0 Å². The van der Waals surface area contributed by atoms with Crippen LogP contribution in [0.3, 0.4) is 0 Å². The third-order valence-electron chi connectivity index (χ3n) is 5.36. The topological polar surface area (TPSA) is 32.3 Å². The maximum atomic E-state index is 12.2. The predicted octanol–water partition coefficient (Wildman–Crippen LogP) is 2.17. The molecule has 3 fully saturated rings. The molecule has 2 saturated heterocycles. The molecular formula is C15H26N2O. The molecule has 1 atom stereocenters. The van der Waals surface area contributed by atoms with E-state index in [0.717, 1.165) is 44.9 Å². The lowest BCUT2D eigenvalue weighted by atomic mass is 9.86. The molecule has 1 spiro atoms. The van der Waals surface area contributed by atoms with Crippen LogP contribution in [0.1, 0.15) is 51.4 Å². The van der Waals surface area contributed by atoms with Gasteiger partial charge in [0.25, 0.3) is 0 Å². The molecule has 3 nitrogen and oxygen atoms in total. The normalized spacial score (nSPS) is 32.8. The number of carbonyl (C=O) groups is 1. The first-order chi connectivity index (χ1) is 8.77. The van der Waals surface area contributed by atoms with Crippen LogP contribution < -0.4 is 5.32 Å². The van der Waals surface area contributed by atoms with Gasteiger partial charge >= 0.3 is 0 Å². The predicted molar refractivity (Wildman–Crippen MR) is 72.3 cm³/mol. The molecule has 3 heteroatoms. The van der Waals surface area contributed by atoms with Crippen LogP contribution in [0.25, 0.3) is 0 Å². The Labute approximate surface area is 110 Å². The Kier molecular flexibility index (Phi) is 3.60. The second-order valence-electron chi connectivity index (χ2n) is 6.68. The summed E-state index contributed by atoms with van der Waals surface area (Å²) in [4.78, 5) is 14.4. The van der Waals surface area contributed by atoms with Crippen LogP contribution in [0.15, 0.2) is 0 Å². The Morgan fingerprint density at radius 3 is 2.83 bits per heavy atom. The average molecular weight is 250 g/mol. The molecule has 1 amide bonds. The number of hydrogen-bond donors (Lipinski definition) is 1. The Morgan fingerprint density at radius 2 is 2.11 bits per heavy atom. The van der Waals surface area contributed by atoms with Crippen LogP contribution in [0.4, 0.5) is 0 Å². The van der Waals surface area contributed by atoms with Gasteiger partial charge in [0.15, 0.2) is 0 Å². The van der Waals surface area contributed by atoms with Gasteiger partial charge in [-0.25, -0.2) is 0 Å². The van der Waals surface area contributed by atoms with E-state index < -0.39 is 0 Å². The molecule has 0 radical (unpaired) electrons. The summed E-state index contributed by atoms with van der Waals surface area (Å²) < 4.78 is 0. The summed E-state index contributed by atoms with van der Waals surface area (Å²) in [5.41, 5.74) is 0.434. The zero-order chi connectivity index (χ0) is 12.4. The quantitative estimate of drug-likeness (QED) is 0.832. The fraction of sp³-hybridized carbons (Fsp3) is 0.933. The van der Waals surface area contributed by atoms with Crippen molar-refractivity contribution in [2.75, 3.05) is 26.2 Å². The minimum Gasteiger partial charge on any atom is -0.342 e. The van der Waals surface area contributed by atoms with Gasteiger partial charge in [-0.2, -0.15) is 0 Å². The Balaban J connectivity index is 1.45. The third kappa shape index (κ3) is 2.56. The van der Waals surface area contributed by atoms with Crippen LogP contribution in [0, 0.1) is 11.3 Å². The first kappa shape index (κ1) is 12.5. The maximum Gasteiger partial charge on any atom is 0.222 e. The molecule has 102 valence electrons. The van der Waals surface area contributed by atoms with Gasteiger partial charge in [-0.15, -0.1) is 0 Å². The SMILES string of the molecule is O=C(CCC1CCCC1)N1CCC2(CCNC2)C1. The van der Waals surface area contributed by atoms with Crippen LogP contribution in [-0.2, 0) is 4.79 Å². The van der Waals surface area contributed by atoms with Gasteiger partial charge in [0.1, 0.15) is 0 Å². The van der Waals surface area contributed by atoms with Gasteiger partial charge in [-0.1, -0.05) is 25.7 Å². The van der Waals surface area contributed by atoms with E-state index in [1.165, 1.54) is 38.5 Å². The van der Waals surface area contributed by atoms with E-state index in [9.17, 15) is 4.79 Å². The Hall–Kier alpha value is -0.570. The summed E-state index contributed by atoms with van der Waals surface area (Å²) >= 11 is 0. The highest BCUT2D eigenvalue weighted by atomic mass is 16.2. The lowest BCUT2D eigenvalue weighted by Crippen LogP contribution is -2.33. The summed E-state index contributed by atoms with van der Waals surface area (Å²) in [6.45, 7) is 4.29. The van der Waals surface area contributed by atoms with Crippen molar-refractivity contribution < 1.29 is 4.79 Å². The summed E-state index contributed by atoms with van der Waals surface area (Å²) in [5, 5.41) is 3.45. The molecule has 1 aliphatic carbocycles. The highest BCUT2D eigenvalue weighted by Gasteiger charge is 2.41. The smallest absolute Gasteiger partial charge is 0.222 e. The number of rotatable bonds is 3. The van der Waals surface area contributed by atoms with Gasteiger partial charge < -0.3 is 10.2 Å². The van der Waals surface area contributed by atoms with E-state index in [1.54, 1.807) is 0 Å². The number of likely N-dealkylation sites (tertiary alicyclic amines) is 1. The van der Waals surface area contributed by atoms with Crippen molar-refractivity contribution in [3.05, 3.63) is 0 Å². The Bertz CT molecular complexity index is 304. The zero-order valence-electron chi connectivity index (χ0n) is 11.4. The fourth-order valence-electron chi connectivity index (χ4n) is 4.08. The van der Waals surface area contributed by atoms with Gasteiger partial charge in [-0.05, 0) is 31.7 Å². The maximum absolute atomic E-state index is 12.2. The summed E-state index contributed by atoms with van der Waals surface area (Å²) in [6, 6.07) is 0. The largest absolute Gasteiger partial charge is 0.342 e. The number of nitrogens with one attached hydrogen (secondary N) is 1. The van der Waals surface area contributed by atoms with E-state index in [0.29, 0.717) is 11.3 Å². The Morgan fingerprint density at radius 1 is 1.28 bits per heavy atom. The molecule has 1 saturated carbocycles. The fourth-order valence-corrected chi connectivity index (χ4v) is 4.08. The first-order valence-electron chi connectivity index (χ1n) is 7.76. The van der Waals surface area contributed by atoms with Crippen LogP contribution in [0.5, 0.6) is 0 Å². The monoisotopic (exact) mass is 250 g/mol. The van der Waals surface area contributed by atoms with E-state index in [2.05, 4.69) is 10.2 Å². The molecule has 0 bridgehead atoms. The van der Waals surface area contributed by atoms with Crippen molar-refractivity contribution in [2.24, 2.45) is 11.3 Å². The lowest BCUT2D eigenvalue weighted by Gasteiger charge is -2.23. The number of nitrogens with zero attached hydrogens (tertiary/aromatic N) is 1. The van der Waals surface area contributed by atoms with Crippen molar-refractivity contribution in [1.82, 2.24) is 10.2 Å². The molecule has 1 unspecified atom stereocenters. The lowest BCUT2D eigenvalue weighted by molar-refractivity contribution is -0.130. The minimum absolute atomic E-state index is 0.422. The van der Waals surface area contributed by atoms with Gasteiger partial charge in [0.05, 0.1) is 0 Å². The first-order valence-corrected chi connectivity index (χ1v) is 7.76. The highest BCUT2D eigenvalue weighted by molar-refractivity contribution is 5.76. The highest BCUT2D eigenvalue weighted by Crippen LogP contribution is 2.36. The molecule has 3 rings (SSSR count). The average Bonchev–Trinajstić information content (AvgIpc) is 3.10. The van der Waals surface area contributed by atoms with Crippen LogP contribution in [0.2, 0.25) is 0 Å². The molecular weight excluding hydrogens is 224 g/mol. The van der Waals surface area contributed by atoms with Crippen LogP contribution >= 0.6 is 0 Å². The number of hydrogen-bond acceptors (Lipinski definition) is 2. The second-order valence-corrected chi connectivity index (χ2v) is 6.68. The van der Waals surface area contributed by atoms with E-state index in [-0.39, 0.29) is 0 Å². The van der Waals surface area contributed by atoms with Crippen molar-refractivity contribution in [3.8, 4) is 0 Å². The molecule has 2 aliphatic heterocycles. The standard InChI is InChI=1S/C15H26N2O/c18-14(6-5-13-3-1-2-4-13)17-10-8-15(12-17)7-9-16-11-15/h13,16H,1-12H2. The van der Waals surface area contributed by atoms with Gasteiger partial charge in [0.2, 0.25) is 5.91 Å².